The molecule has 1 heterocycles. The molecule has 3 aromatic carbocycles. The number of imide groups is 1. The zero-order valence-corrected chi connectivity index (χ0v) is 23.9. The van der Waals surface area contributed by atoms with E-state index in [1.807, 2.05) is 84.9 Å². The fraction of sp³-hybridized carbons (Fsp3) is 0.265. The number of hydrogen-bond acceptors (Lipinski definition) is 5. The molecule has 1 unspecified atom stereocenters. The van der Waals surface area contributed by atoms with Crippen LogP contribution in [0.3, 0.4) is 0 Å². The smallest absolute Gasteiger partial charge is 0.244 e. The molecule has 216 valence electrons. The summed E-state index contributed by atoms with van der Waals surface area (Å²) in [5, 5.41) is 7.84. The van der Waals surface area contributed by atoms with Gasteiger partial charge in [0.05, 0.1) is 24.4 Å². The molecule has 8 nitrogen and oxygen atoms in total. The second-order valence-electron chi connectivity index (χ2n) is 10.8. The van der Waals surface area contributed by atoms with Crippen LogP contribution in [-0.4, -0.2) is 35.5 Å². The number of carbonyl (C=O) groups is 5. The standard InChI is InChI=1S/C34H35N3O5/c1-21(2)31(32(40)30-22(3)33(41)37-34(30)42)36-29(39)20-27(26-12-8-5-9-13-26)35-28(38)19-16-23-14-17-25(18-15-23)24-10-6-4-7-11-24/h4-19,21-22,27,30-31H,20H2,1-3H3,(H,35,38)(H,36,39)(H,37,41,42)/b19-16+/t22-,27-,30?,31-/m0/s1. The Bertz CT molecular complexity index is 1470. The highest BCUT2D eigenvalue weighted by Gasteiger charge is 2.46. The van der Waals surface area contributed by atoms with Crippen molar-refractivity contribution in [2.24, 2.45) is 17.8 Å². The number of carbonyl (C=O) groups excluding carboxylic acids is 5. The van der Waals surface area contributed by atoms with Crippen molar-refractivity contribution in [1.82, 2.24) is 16.0 Å². The van der Waals surface area contributed by atoms with E-state index in [1.165, 1.54) is 13.0 Å². The van der Waals surface area contributed by atoms with Crippen molar-refractivity contribution in [1.29, 1.82) is 0 Å². The summed E-state index contributed by atoms with van der Waals surface area (Å²) >= 11 is 0. The fourth-order valence-corrected chi connectivity index (χ4v) is 4.99. The first-order chi connectivity index (χ1) is 20.1. The Kier molecular flexibility index (Phi) is 9.81. The quantitative estimate of drug-likeness (QED) is 0.183. The molecule has 1 saturated heterocycles. The van der Waals surface area contributed by atoms with Gasteiger partial charge in [-0.2, -0.15) is 0 Å². The number of amides is 4. The van der Waals surface area contributed by atoms with Gasteiger partial charge in [0.1, 0.15) is 5.92 Å². The van der Waals surface area contributed by atoms with Gasteiger partial charge in [-0.15, -0.1) is 0 Å². The maximum absolute atomic E-state index is 13.2. The minimum Gasteiger partial charge on any atom is -0.346 e. The van der Waals surface area contributed by atoms with Crippen molar-refractivity contribution in [2.75, 3.05) is 0 Å². The normalized spacial score (nSPS) is 18.0. The number of nitrogens with one attached hydrogen (secondary N) is 3. The van der Waals surface area contributed by atoms with Crippen molar-refractivity contribution in [3.05, 3.63) is 102 Å². The van der Waals surface area contributed by atoms with E-state index >= 15 is 0 Å². The minimum absolute atomic E-state index is 0.128. The second-order valence-corrected chi connectivity index (χ2v) is 10.8. The zero-order valence-electron chi connectivity index (χ0n) is 23.9. The third kappa shape index (κ3) is 7.46. The Labute approximate surface area is 245 Å². The van der Waals surface area contributed by atoms with E-state index < -0.39 is 47.4 Å². The van der Waals surface area contributed by atoms with E-state index in [2.05, 4.69) is 16.0 Å². The third-order valence-electron chi connectivity index (χ3n) is 7.39. The lowest BCUT2D eigenvalue weighted by Gasteiger charge is -2.25. The summed E-state index contributed by atoms with van der Waals surface area (Å²) in [6, 6.07) is 25.3. The highest BCUT2D eigenvalue weighted by Crippen LogP contribution is 2.24. The van der Waals surface area contributed by atoms with Crippen molar-refractivity contribution < 1.29 is 24.0 Å². The van der Waals surface area contributed by atoms with Crippen LogP contribution >= 0.6 is 0 Å². The average Bonchev–Trinajstić information content (AvgIpc) is 3.25. The Morgan fingerprint density at radius 1 is 0.810 bits per heavy atom. The van der Waals surface area contributed by atoms with Gasteiger partial charge in [-0.1, -0.05) is 106 Å². The van der Waals surface area contributed by atoms with Crippen LogP contribution in [0.2, 0.25) is 0 Å². The highest BCUT2D eigenvalue weighted by atomic mass is 16.2. The molecule has 4 amide bonds. The molecule has 8 heteroatoms. The molecule has 0 bridgehead atoms. The number of benzene rings is 3. The molecule has 3 aromatic rings. The molecular formula is C34H35N3O5. The summed E-state index contributed by atoms with van der Waals surface area (Å²) in [5.41, 5.74) is 3.75. The molecule has 3 N–H and O–H groups in total. The summed E-state index contributed by atoms with van der Waals surface area (Å²) in [7, 11) is 0. The van der Waals surface area contributed by atoms with Crippen molar-refractivity contribution in [3.63, 3.8) is 0 Å². The van der Waals surface area contributed by atoms with E-state index in [-0.39, 0.29) is 18.2 Å². The van der Waals surface area contributed by atoms with Crippen molar-refractivity contribution >= 4 is 35.5 Å². The van der Waals surface area contributed by atoms with Crippen molar-refractivity contribution in [3.8, 4) is 11.1 Å². The van der Waals surface area contributed by atoms with Crippen LogP contribution in [0, 0.1) is 17.8 Å². The number of Topliss-reactive ketones (excluding diaryl/α,β-unsaturated/α-hetero) is 1. The van der Waals surface area contributed by atoms with Crippen LogP contribution in [0.5, 0.6) is 0 Å². The topological polar surface area (TPSA) is 121 Å². The van der Waals surface area contributed by atoms with E-state index in [9.17, 15) is 24.0 Å². The fourth-order valence-electron chi connectivity index (χ4n) is 4.99. The molecule has 1 aliphatic heterocycles. The van der Waals surface area contributed by atoms with Crippen LogP contribution in [0.1, 0.15) is 44.4 Å². The summed E-state index contributed by atoms with van der Waals surface area (Å²) in [6.45, 7) is 5.04. The zero-order chi connectivity index (χ0) is 30.2. The molecule has 0 aliphatic carbocycles. The maximum atomic E-state index is 13.2. The van der Waals surface area contributed by atoms with Crippen LogP contribution < -0.4 is 16.0 Å². The predicted octanol–water partition coefficient (Wildman–Crippen LogP) is 4.23. The van der Waals surface area contributed by atoms with E-state index in [4.69, 9.17) is 0 Å². The molecule has 1 aliphatic rings. The minimum atomic E-state index is -1.15. The van der Waals surface area contributed by atoms with E-state index in [0.717, 1.165) is 22.3 Å². The third-order valence-corrected chi connectivity index (χ3v) is 7.39. The van der Waals surface area contributed by atoms with Crippen LogP contribution in [-0.2, 0) is 24.0 Å². The Hall–Kier alpha value is -4.85. The lowest BCUT2D eigenvalue weighted by molar-refractivity contribution is -0.137. The Morgan fingerprint density at radius 3 is 1.98 bits per heavy atom. The maximum Gasteiger partial charge on any atom is 0.244 e. The first kappa shape index (κ1) is 30.1. The molecule has 4 atom stereocenters. The van der Waals surface area contributed by atoms with Crippen molar-refractivity contribution in [2.45, 2.75) is 39.3 Å². The summed E-state index contributed by atoms with van der Waals surface area (Å²) in [5.74, 6) is -4.77. The molecule has 0 radical (unpaired) electrons. The number of hydrogen-bond donors (Lipinski definition) is 3. The first-order valence-corrected chi connectivity index (χ1v) is 14.0. The second kappa shape index (κ2) is 13.7. The molecule has 42 heavy (non-hydrogen) atoms. The van der Waals surface area contributed by atoms with Gasteiger partial charge >= 0.3 is 0 Å². The van der Waals surface area contributed by atoms with Gasteiger partial charge in [0.2, 0.25) is 23.6 Å². The van der Waals surface area contributed by atoms with Gasteiger partial charge in [0, 0.05) is 6.08 Å². The van der Waals surface area contributed by atoms with Gasteiger partial charge in [-0.05, 0) is 34.2 Å². The summed E-state index contributed by atoms with van der Waals surface area (Å²) in [4.78, 5) is 63.5. The molecule has 1 fully saturated rings. The SMILES string of the molecule is CC(C)[C@H](NC(=O)C[C@H](NC(=O)/C=C/c1ccc(-c2ccccc2)cc1)c1ccccc1)C(=O)C1C(=O)NC(=O)[C@H]1C. The lowest BCUT2D eigenvalue weighted by Crippen LogP contribution is -2.49. The largest absolute Gasteiger partial charge is 0.346 e. The van der Waals surface area contributed by atoms with E-state index in [0.29, 0.717) is 0 Å². The monoisotopic (exact) mass is 565 g/mol. The highest BCUT2D eigenvalue weighted by molar-refractivity contribution is 6.16. The van der Waals surface area contributed by atoms with Crippen LogP contribution in [0.4, 0.5) is 0 Å². The van der Waals surface area contributed by atoms with Gasteiger partial charge < -0.3 is 10.6 Å². The Balaban J connectivity index is 1.43. The molecule has 4 rings (SSSR count). The number of rotatable bonds is 11. The van der Waals surface area contributed by atoms with Crippen LogP contribution in [0.25, 0.3) is 17.2 Å². The van der Waals surface area contributed by atoms with Gasteiger partial charge in [0.15, 0.2) is 5.78 Å². The lowest BCUT2D eigenvalue weighted by atomic mass is 9.85. The summed E-state index contributed by atoms with van der Waals surface area (Å²) < 4.78 is 0. The van der Waals surface area contributed by atoms with Crippen LogP contribution in [0.15, 0.2) is 91.0 Å². The first-order valence-electron chi connectivity index (χ1n) is 14.0. The Morgan fingerprint density at radius 2 is 1.40 bits per heavy atom. The number of ketones is 1. The molecular weight excluding hydrogens is 530 g/mol. The van der Waals surface area contributed by atoms with Gasteiger partial charge in [-0.25, -0.2) is 0 Å². The molecule has 0 saturated carbocycles. The predicted molar refractivity (Wildman–Crippen MR) is 160 cm³/mol. The molecule has 0 spiro atoms. The summed E-state index contributed by atoms with van der Waals surface area (Å²) in [6.07, 6.45) is 2.99. The average molecular weight is 566 g/mol. The van der Waals surface area contributed by atoms with Gasteiger partial charge in [-0.3, -0.25) is 29.3 Å². The van der Waals surface area contributed by atoms with Gasteiger partial charge in [0.25, 0.3) is 0 Å². The molecule has 0 aromatic heterocycles. The van der Waals surface area contributed by atoms with E-state index in [1.54, 1.807) is 19.9 Å².